The van der Waals surface area contributed by atoms with Crippen molar-refractivity contribution < 1.29 is 16.8 Å². The summed E-state index contributed by atoms with van der Waals surface area (Å²) in [6.07, 6.45) is 0.870. The summed E-state index contributed by atoms with van der Waals surface area (Å²) >= 11 is 0. The van der Waals surface area contributed by atoms with Gasteiger partial charge in [-0.3, -0.25) is 0 Å². The molecule has 2 aromatic rings. The van der Waals surface area contributed by atoms with Gasteiger partial charge in [0.05, 0.1) is 9.79 Å². The zero-order chi connectivity index (χ0) is 22.2. The molecule has 0 spiro atoms. The standard InChI is InChI=1S/C22H30N2O4S2/c1-17-5-9-21(10-6-17)30(27,28)24-15-13-19(14-16-24)23-29(25,26)20-11-7-18(8-12-20)22(2,3)4/h5-12,19,23H,13-16H2,1-4H3. The van der Waals surface area contributed by atoms with Crippen LogP contribution in [-0.4, -0.2) is 40.3 Å². The predicted octanol–water partition coefficient (Wildman–Crippen LogP) is 3.42. The second kappa shape index (κ2) is 8.42. The summed E-state index contributed by atoms with van der Waals surface area (Å²) in [4.78, 5) is 0.497. The Morgan fingerprint density at radius 2 is 1.33 bits per heavy atom. The lowest BCUT2D eigenvalue weighted by molar-refractivity contribution is 0.308. The van der Waals surface area contributed by atoms with Gasteiger partial charge in [-0.1, -0.05) is 50.6 Å². The lowest BCUT2D eigenvalue weighted by Crippen LogP contribution is -2.46. The molecule has 0 atom stereocenters. The zero-order valence-corrected chi connectivity index (χ0v) is 19.6. The van der Waals surface area contributed by atoms with Crippen LogP contribution in [-0.2, 0) is 25.5 Å². The van der Waals surface area contributed by atoms with Crippen molar-refractivity contribution in [3.8, 4) is 0 Å². The number of piperidine rings is 1. The molecule has 8 heteroatoms. The molecule has 0 aliphatic carbocycles. The monoisotopic (exact) mass is 450 g/mol. The third-order valence-corrected chi connectivity index (χ3v) is 8.91. The van der Waals surface area contributed by atoms with Crippen LogP contribution in [0.1, 0.15) is 44.7 Å². The second-order valence-electron chi connectivity index (χ2n) is 8.89. The molecule has 1 aliphatic heterocycles. The van der Waals surface area contributed by atoms with Crippen molar-refractivity contribution >= 4 is 20.0 Å². The number of nitrogens with one attached hydrogen (secondary N) is 1. The summed E-state index contributed by atoms with van der Waals surface area (Å²) in [5.41, 5.74) is 2.01. The molecule has 1 heterocycles. The molecule has 2 aromatic carbocycles. The quantitative estimate of drug-likeness (QED) is 0.757. The fraction of sp³-hybridized carbons (Fsp3) is 0.455. The molecule has 3 rings (SSSR count). The highest BCUT2D eigenvalue weighted by molar-refractivity contribution is 7.89. The summed E-state index contributed by atoms with van der Waals surface area (Å²) < 4.78 is 55.3. The maximum atomic E-state index is 12.8. The Kier molecular flexibility index (Phi) is 6.43. The molecule has 1 N–H and O–H groups in total. The molecule has 164 valence electrons. The van der Waals surface area contributed by atoms with Gasteiger partial charge in [0, 0.05) is 19.1 Å². The summed E-state index contributed by atoms with van der Waals surface area (Å²) in [7, 11) is -7.21. The van der Waals surface area contributed by atoms with E-state index in [1.54, 1.807) is 36.4 Å². The highest BCUT2D eigenvalue weighted by atomic mass is 32.2. The van der Waals surface area contributed by atoms with E-state index in [2.05, 4.69) is 25.5 Å². The van der Waals surface area contributed by atoms with Crippen LogP contribution in [0.15, 0.2) is 58.3 Å². The van der Waals surface area contributed by atoms with E-state index in [9.17, 15) is 16.8 Å². The Labute approximate surface area is 180 Å². The van der Waals surface area contributed by atoms with Crippen LogP contribution in [0.25, 0.3) is 0 Å². The number of hydrogen-bond donors (Lipinski definition) is 1. The summed E-state index contributed by atoms with van der Waals surface area (Å²) in [5, 5.41) is 0. The first-order valence-corrected chi connectivity index (χ1v) is 13.0. The maximum Gasteiger partial charge on any atom is 0.243 e. The number of hydrogen-bond acceptors (Lipinski definition) is 4. The zero-order valence-electron chi connectivity index (χ0n) is 17.9. The summed E-state index contributed by atoms with van der Waals surface area (Å²) in [5.74, 6) is 0. The van der Waals surface area contributed by atoms with Crippen LogP contribution in [0.4, 0.5) is 0 Å². The number of nitrogens with zero attached hydrogens (tertiary/aromatic N) is 1. The van der Waals surface area contributed by atoms with Crippen molar-refractivity contribution in [2.45, 2.75) is 61.8 Å². The van der Waals surface area contributed by atoms with Crippen molar-refractivity contribution in [2.75, 3.05) is 13.1 Å². The topological polar surface area (TPSA) is 83.6 Å². The van der Waals surface area contributed by atoms with Gasteiger partial charge in [-0.05, 0) is 55.0 Å². The first-order chi connectivity index (χ1) is 13.9. The van der Waals surface area contributed by atoms with Gasteiger partial charge in [0.25, 0.3) is 0 Å². The highest BCUT2D eigenvalue weighted by Gasteiger charge is 2.31. The normalized spacial score (nSPS) is 17.2. The van der Waals surface area contributed by atoms with Gasteiger partial charge in [-0.2, -0.15) is 4.31 Å². The van der Waals surface area contributed by atoms with Gasteiger partial charge in [0.15, 0.2) is 0 Å². The van der Waals surface area contributed by atoms with Gasteiger partial charge in [-0.15, -0.1) is 0 Å². The Bertz CT molecular complexity index is 1080. The van der Waals surface area contributed by atoms with E-state index < -0.39 is 20.0 Å². The lowest BCUT2D eigenvalue weighted by Gasteiger charge is -2.31. The minimum absolute atomic E-state index is 0.0501. The molecule has 0 saturated carbocycles. The van der Waals surface area contributed by atoms with E-state index in [0.717, 1.165) is 11.1 Å². The number of benzene rings is 2. The van der Waals surface area contributed by atoms with E-state index >= 15 is 0 Å². The molecule has 1 saturated heterocycles. The van der Waals surface area contributed by atoms with Crippen molar-refractivity contribution in [3.05, 3.63) is 59.7 Å². The number of sulfonamides is 2. The average molecular weight is 451 g/mol. The van der Waals surface area contributed by atoms with E-state index in [1.807, 2.05) is 19.1 Å². The largest absolute Gasteiger partial charge is 0.243 e. The summed E-state index contributed by atoms with van der Waals surface area (Å²) in [6.45, 7) is 8.71. The van der Waals surface area contributed by atoms with E-state index in [1.165, 1.54) is 4.31 Å². The second-order valence-corrected chi connectivity index (χ2v) is 12.5. The van der Waals surface area contributed by atoms with E-state index in [4.69, 9.17) is 0 Å². The van der Waals surface area contributed by atoms with Crippen LogP contribution in [0.5, 0.6) is 0 Å². The third kappa shape index (κ3) is 5.11. The van der Waals surface area contributed by atoms with Gasteiger partial charge in [-0.25, -0.2) is 21.6 Å². The van der Waals surface area contributed by atoms with Crippen LogP contribution in [0.3, 0.4) is 0 Å². The van der Waals surface area contributed by atoms with Gasteiger partial charge >= 0.3 is 0 Å². The predicted molar refractivity (Wildman–Crippen MR) is 118 cm³/mol. The van der Waals surface area contributed by atoms with Crippen LogP contribution in [0, 0.1) is 6.92 Å². The first-order valence-electron chi connectivity index (χ1n) is 10.1. The molecule has 6 nitrogen and oxygen atoms in total. The molecule has 1 aliphatic rings. The SMILES string of the molecule is Cc1ccc(S(=O)(=O)N2CCC(NS(=O)(=O)c3ccc(C(C)(C)C)cc3)CC2)cc1. The fourth-order valence-electron chi connectivity index (χ4n) is 3.49. The van der Waals surface area contributed by atoms with Gasteiger partial charge in [0.1, 0.15) is 0 Å². The minimum Gasteiger partial charge on any atom is -0.208 e. The average Bonchev–Trinajstić information content (AvgIpc) is 2.68. The Hall–Kier alpha value is -1.74. The highest BCUT2D eigenvalue weighted by Crippen LogP contribution is 2.25. The molecule has 1 fully saturated rings. The molecule has 0 aromatic heterocycles. The summed E-state index contributed by atoms with van der Waals surface area (Å²) in [6, 6.07) is 13.4. The maximum absolute atomic E-state index is 12.8. The van der Waals surface area contributed by atoms with Gasteiger partial charge in [0.2, 0.25) is 20.0 Å². The van der Waals surface area contributed by atoms with Crippen molar-refractivity contribution in [1.29, 1.82) is 0 Å². The van der Waals surface area contributed by atoms with E-state index in [0.29, 0.717) is 12.8 Å². The lowest BCUT2D eigenvalue weighted by atomic mass is 9.87. The molecule has 0 bridgehead atoms. The van der Waals surface area contributed by atoms with Gasteiger partial charge < -0.3 is 0 Å². The Balaban J connectivity index is 1.64. The smallest absolute Gasteiger partial charge is 0.208 e. The fourth-order valence-corrected chi connectivity index (χ4v) is 6.27. The molecule has 0 radical (unpaired) electrons. The third-order valence-electron chi connectivity index (χ3n) is 5.47. The van der Waals surface area contributed by atoms with Crippen LogP contribution >= 0.6 is 0 Å². The molecular formula is C22H30N2O4S2. The molecule has 0 amide bonds. The van der Waals surface area contributed by atoms with Crippen LogP contribution in [0.2, 0.25) is 0 Å². The van der Waals surface area contributed by atoms with Crippen molar-refractivity contribution in [2.24, 2.45) is 0 Å². The van der Waals surface area contributed by atoms with E-state index in [-0.39, 0.29) is 34.3 Å². The Morgan fingerprint density at radius 1 is 0.833 bits per heavy atom. The van der Waals surface area contributed by atoms with Crippen molar-refractivity contribution in [3.63, 3.8) is 0 Å². The molecule has 30 heavy (non-hydrogen) atoms. The molecular weight excluding hydrogens is 420 g/mol. The first kappa shape index (κ1) is 22.9. The number of aryl methyl sites for hydroxylation is 1. The van der Waals surface area contributed by atoms with Crippen LogP contribution < -0.4 is 4.72 Å². The van der Waals surface area contributed by atoms with Crippen molar-refractivity contribution in [1.82, 2.24) is 9.03 Å². The minimum atomic E-state index is -3.65. The number of rotatable bonds is 5. The Morgan fingerprint density at radius 3 is 1.83 bits per heavy atom. The molecule has 0 unspecified atom stereocenters.